The summed E-state index contributed by atoms with van der Waals surface area (Å²) in [7, 11) is 0. The SMILES string of the molecule is Cc1cc(C)cc(CNC(C)CC(C)Br)c1. The number of hydrogen-bond acceptors (Lipinski definition) is 1. The number of hydrogen-bond donors (Lipinski definition) is 1. The molecule has 0 fully saturated rings. The first-order chi connectivity index (χ1) is 7.47. The number of benzene rings is 1. The molecule has 0 aliphatic rings. The van der Waals surface area contributed by atoms with Crippen LogP contribution in [0.2, 0.25) is 0 Å². The smallest absolute Gasteiger partial charge is 0.0208 e. The zero-order valence-electron chi connectivity index (χ0n) is 10.7. The second kappa shape index (κ2) is 6.41. The lowest BCUT2D eigenvalue weighted by Gasteiger charge is -2.15. The molecule has 0 saturated heterocycles. The van der Waals surface area contributed by atoms with Gasteiger partial charge in [-0.25, -0.2) is 0 Å². The minimum absolute atomic E-state index is 0.551. The van der Waals surface area contributed by atoms with Crippen molar-refractivity contribution in [2.24, 2.45) is 0 Å². The second-order valence-corrected chi connectivity index (χ2v) is 6.36. The van der Waals surface area contributed by atoms with Crippen LogP contribution in [0, 0.1) is 13.8 Å². The zero-order valence-corrected chi connectivity index (χ0v) is 12.3. The van der Waals surface area contributed by atoms with E-state index in [2.05, 4.69) is 67.1 Å². The van der Waals surface area contributed by atoms with E-state index in [4.69, 9.17) is 0 Å². The predicted molar refractivity (Wildman–Crippen MR) is 75.2 cm³/mol. The molecule has 1 aromatic carbocycles. The third-order valence-corrected chi connectivity index (χ3v) is 2.99. The van der Waals surface area contributed by atoms with Gasteiger partial charge >= 0.3 is 0 Å². The van der Waals surface area contributed by atoms with Gasteiger partial charge in [-0.2, -0.15) is 0 Å². The predicted octanol–water partition coefficient (Wildman–Crippen LogP) is 3.96. The number of aryl methyl sites for hydroxylation is 2. The van der Waals surface area contributed by atoms with Gasteiger partial charge in [-0.1, -0.05) is 52.2 Å². The lowest BCUT2D eigenvalue weighted by atomic mass is 10.1. The molecule has 0 radical (unpaired) electrons. The molecule has 1 nitrogen and oxygen atoms in total. The third kappa shape index (κ3) is 5.13. The summed E-state index contributed by atoms with van der Waals surface area (Å²) in [6.07, 6.45) is 1.16. The van der Waals surface area contributed by atoms with Crippen LogP contribution in [0.3, 0.4) is 0 Å². The molecule has 0 aromatic heterocycles. The summed E-state index contributed by atoms with van der Waals surface area (Å²) in [4.78, 5) is 0.578. The minimum atomic E-state index is 0.551. The quantitative estimate of drug-likeness (QED) is 0.807. The van der Waals surface area contributed by atoms with E-state index >= 15 is 0 Å². The Morgan fingerprint density at radius 3 is 2.19 bits per heavy atom. The molecular weight excluding hydrogens is 262 g/mol. The molecular formula is C14H22BrN. The van der Waals surface area contributed by atoms with Crippen LogP contribution in [0.1, 0.15) is 37.0 Å². The van der Waals surface area contributed by atoms with Crippen LogP contribution in [-0.4, -0.2) is 10.9 Å². The Morgan fingerprint density at radius 1 is 1.12 bits per heavy atom. The lowest BCUT2D eigenvalue weighted by Crippen LogP contribution is -2.27. The van der Waals surface area contributed by atoms with Gasteiger partial charge in [0.15, 0.2) is 0 Å². The van der Waals surface area contributed by atoms with E-state index in [0.29, 0.717) is 10.9 Å². The highest BCUT2D eigenvalue weighted by molar-refractivity contribution is 9.09. The van der Waals surface area contributed by atoms with E-state index in [-0.39, 0.29) is 0 Å². The first kappa shape index (κ1) is 13.7. The molecule has 2 unspecified atom stereocenters. The fourth-order valence-electron chi connectivity index (χ4n) is 2.03. The van der Waals surface area contributed by atoms with Crippen LogP contribution in [0.4, 0.5) is 0 Å². The van der Waals surface area contributed by atoms with Crippen LogP contribution in [0.5, 0.6) is 0 Å². The summed E-state index contributed by atoms with van der Waals surface area (Å²) in [5, 5.41) is 3.55. The number of alkyl halides is 1. The lowest BCUT2D eigenvalue weighted by molar-refractivity contribution is 0.515. The first-order valence-electron chi connectivity index (χ1n) is 5.92. The second-order valence-electron chi connectivity index (χ2n) is 4.79. The van der Waals surface area contributed by atoms with E-state index in [1.807, 2.05) is 0 Å². The number of rotatable bonds is 5. The number of nitrogens with one attached hydrogen (secondary N) is 1. The van der Waals surface area contributed by atoms with Gasteiger partial charge in [0.2, 0.25) is 0 Å². The minimum Gasteiger partial charge on any atom is -0.310 e. The molecule has 2 atom stereocenters. The Kier molecular flexibility index (Phi) is 5.50. The molecule has 0 aliphatic heterocycles. The Morgan fingerprint density at radius 2 is 1.69 bits per heavy atom. The number of halogens is 1. The topological polar surface area (TPSA) is 12.0 Å². The van der Waals surface area contributed by atoms with Crippen LogP contribution >= 0.6 is 15.9 Å². The van der Waals surface area contributed by atoms with Crippen LogP contribution in [0.15, 0.2) is 18.2 Å². The van der Waals surface area contributed by atoms with Crippen LogP contribution in [0.25, 0.3) is 0 Å². The molecule has 0 heterocycles. The highest BCUT2D eigenvalue weighted by Gasteiger charge is 2.05. The summed E-state index contributed by atoms with van der Waals surface area (Å²) < 4.78 is 0. The molecule has 0 spiro atoms. The van der Waals surface area contributed by atoms with E-state index in [0.717, 1.165) is 13.0 Å². The normalized spacial score (nSPS) is 14.8. The van der Waals surface area contributed by atoms with Crippen molar-refractivity contribution in [2.45, 2.75) is 51.5 Å². The van der Waals surface area contributed by atoms with E-state index in [1.54, 1.807) is 0 Å². The zero-order chi connectivity index (χ0) is 12.1. The van der Waals surface area contributed by atoms with Crippen molar-refractivity contribution in [3.05, 3.63) is 34.9 Å². The molecule has 2 heteroatoms. The molecule has 0 aliphatic carbocycles. The average molecular weight is 284 g/mol. The standard InChI is InChI=1S/C14H22BrN/c1-10-5-11(2)7-14(6-10)9-16-13(4)8-12(3)15/h5-7,12-13,16H,8-9H2,1-4H3. The fourth-order valence-corrected chi connectivity index (χ4v) is 2.59. The average Bonchev–Trinajstić information content (AvgIpc) is 2.12. The summed E-state index contributed by atoms with van der Waals surface area (Å²) in [5.74, 6) is 0. The molecule has 1 aromatic rings. The molecule has 1 rings (SSSR count). The molecule has 90 valence electrons. The summed E-state index contributed by atoms with van der Waals surface area (Å²) >= 11 is 3.58. The van der Waals surface area contributed by atoms with Crippen molar-refractivity contribution in [3.63, 3.8) is 0 Å². The van der Waals surface area contributed by atoms with E-state index < -0.39 is 0 Å². The van der Waals surface area contributed by atoms with E-state index in [9.17, 15) is 0 Å². The van der Waals surface area contributed by atoms with Crippen molar-refractivity contribution in [1.82, 2.24) is 5.32 Å². The van der Waals surface area contributed by atoms with Gasteiger partial charge in [-0.05, 0) is 32.8 Å². The summed E-state index contributed by atoms with van der Waals surface area (Å²) in [5.41, 5.74) is 4.07. The summed E-state index contributed by atoms with van der Waals surface area (Å²) in [6.45, 7) is 9.69. The van der Waals surface area contributed by atoms with Gasteiger partial charge in [-0.3, -0.25) is 0 Å². The Balaban J connectivity index is 2.48. The maximum absolute atomic E-state index is 3.58. The van der Waals surface area contributed by atoms with Crippen molar-refractivity contribution in [3.8, 4) is 0 Å². The molecule has 16 heavy (non-hydrogen) atoms. The van der Waals surface area contributed by atoms with Gasteiger partial charge in [0.1, 0.15) is 0 Å². The molecule has 0 saturated carbocycles. The van der Waals surface area contributed by atoms with Gasteiger partial charge in [0, 0.05) is 17.4 Å². The van der Waals surface area contributed by atoms with E-state index in [1.165, 1.54) is 16.7 Å². The fraction of sp³-hybridized carbons (Fsp3) is 0.571. The Labute approximate surface area is 108 Å². The molecule has 0 amide bonds. The largest absolute Gasteiger partial charge is 0.310 e. The van der Waals surface area contributed by atoms with Crippen molar-refractivity contribution < 1.29 is 0 Å². The van der Waals surface area contributed by atoms with Gasteiger partial charge in [0.25, 0.3) is 0 Å². The highest BCUT2D eigenvalue weighted by atomic mass is 79.9. The van der Waals surface area contributed by atoms with Crippen molar-refractivity contribution in [1.29, 1.82) is 0 Å². The maximum Gasteiger partial charge on any atom is 0.0208 e. The third-order valence-electron chi connectivity index (χ3n) is 2.61. The monoisotopic (exact) mass is 283 g/mol. The molecule has 0 bridgehead atoms. The van der Waals surface area contributed by atoms with Gasteiger partial charge < -0.3 is 5.32 Å². The van der Waals surface area contributed by atoms with Crippen molar-refractivity contribution in [2.75, 3.05) is 0 Å². The van der Waals surface area contributed by atoms with Crippen LogP contribution in [-0.2, 0) is 6.54 Å². The first-order valence-corrected chi connectivity index (χ1v) is 6.83. The van der Waals surface area contributed by atoms with Crippen LogP contribution < -0.4 is 5.32 Å². The summed E-state index contributed by atoms with van der Waals surface area (Å²) in [6, 6.07) is 7.28. The van der Waals surface area contributed by atoms with Crippen molar-refractivity contribution >= 4 is 15.9 Å². The Hall–Kier alpha value is -0.340. The maximum atomic E-state index is 3.58. The highest BCUT2D eigenvalue weighted by Crippen LogP contribution is 2.10. The molecule has 1 N–H and O–H groups in total. The van der Waals surface area contributed by atoms with Gasteiger partial charge in [-0.15, -0.1) is 0 Å². The van der Waals surface area contributed by atoms with Gasteiger partial charge in [0.05, 0.1) is 0 Å². The Bertz CT molecular complexity index is 313.